The summed E-state index contributed by atoms with van der Waals surface area (Å²) in [5, 5.41) is 0. The first kappa shape index (κ1) is 13.3. The zero-order valence-electron chi connectivity index (χ0n) is 11.7. The van der Waals surface area contributed by atoms with Gasteiger partial charge in [0.1, 0.15) is 0 Å². The molecule has 0 aliphatic carbocycles. The van der Waals surface area contributed by atoms with Gasteiger partial charge in [0.25, 0.3) is 0 Å². The average molecular weight is 248 g/mol. The van der Waals surface area contributed by atoms with Crippen molar-refractivity contribution in [2.24, 2.45) is 0 Å². The molecule has 1 fully saturated rings. The van der Waals surface area contributed by atoms with E-state index >= 15 is 0 Å². The Labute approximate surface area is 110 Å². The minimum absolute atomic E-state index is 0.467. The zero-order valence-corrected chi connectivity index (χ0v) is 11.7. The van der Waals surface area contributed by atoms with E-state index in [2.05, 4.69) is 29.8 Å². The van der Waals surface area contributed by atoms with Crippen LogP contribution in [0.25, 0.3) is 0 Å². The lowest BCUT2D eigenvalue weighted by molar-refractivity contribution is 0.109. The van der Waals surface area contributed by atoms with Crippen LogP contribution in [0.2, 0.25) is 0 Å². The number of hydrogen-bond acceptors (Lipinski definition) is 3. The van der Waals surface area contributed by atoms with Crippen LogP contribution in [0.1, 0.15) is 51.6 Å². The third kappa shape index (κ3) is 2.83. The summed E-state index contributed by atoms with van der Waals surface area (Å²) in [6.45, 7) is 8.42. The molecule has 1 aliphatic heterocycles. The second kappa shape index (κ2) is 6.19. The SMILES string of the molecule is CCOc1ncccc1[C@@H]1CCCCN1C(C)C. The van der Waals surface area contributed by atoms with Gasteiger partial charge in [-0.15, -0.1) is 0 Å². The van der Waals surface area contributed by atoms with E-state index < -0.39 is 0 Å². The molecule has 0 N–H and O–H groups in total. The molecule has 0 saturated carbocycles. The van der Waals surface area contributed by atoms with Crippen molar-refractivity contribution in [1.29, 1.82) is 0 Å². The highest BCUT2D eigenvalue weighted by atomic mass is 16.5. The van der Waals surface area contributed by atoms with Crippen molar-refractivity contribution in [1.82, 2.24) is 9.88 Å². The summed E-state index contributed by atoms with van der Waals surface area (Å²) in [4.78, 5) is 6.96. The molecule has 0 spiro atoms. The molecule has 0 bridgehead atoms. The van der Waals surface area contributed by atoms with Crippen molar-refractivity contribution < 1.29 is 4.74 Å². The Bertz CT molecular complexity index is 379. The van der Waals surface area contributed by atoms with Gasteiger partial charge < -0.3 is 4.74 Å². The molecule has 2 heterocycles. The van der Waals surface area contributed by atoms with Crippen LogP contribution in [0.3, 0.4) is 0 Å². The molecule has 1 saturated heterocycles. The number of likely N-dealkylation sites (tertiary alicyclic amines) is 1. The molecule has 1 aromatic heterocycles. The van der Waals surface area contributed by atoms with Crippen molar-refractivity contribution in [2.75, 3.05) is 13.2 Å². The number of nitrogens with zero attached hydrogens (tertiary/aromatic N) is 2. The van der Waals surface area contributed by atoms with E-state index in [-0.39, 0.29) is 0 Å². The smallest absolute Gasteiger partial charge is 0.218 e. The Morgan fingerprint density at radius 3 is 3.00 bits per heavy atom. The van der Waals surface area contributed by atoms with Gasteiger partial charge in [0, 0.05) is 23.8 Å². The molecule has 3 nitrogen and oxygen atoms in total. The van der Waals surface area contributed by atoms with Gasteiger partial charge in [0.05, 0.1) is 6.61 Å². The fourth-order valence-corrected chi connectivity index (χ4v) is 2.82. The zero-order chi connectivity index (χ0) is 13.0. The third-order valence-corrected chi connectivity index (χ3v) is 3.65. The maximum atomic E-state index is 5.68. The summed E-state index contributed by atoms with van der Waals surface area (Å²) in [5.74, 6) is 0.817. The maximum absolute atomic E-state index is 5.68. The standard InChI is InChI=1S/C15H24N2O/c1-4-18-15-13(8-7-10-16-15)14-9-5-6-11-17(14)12(2)3/h7-8,10,12,14H,4-6,9,11H2,1-3H3/t14-/m0/s1. The number of aromatic nitrogens is 1. The Morgan fingerprint density at radius 1 is 1.44 bits per heavy atom. The van der Waals surface area contributed by atoms with Gasteiger partial charge in [0.2, 0.25) is 5.88 Å². The van der Waals surface area contributed by atoms with Crippen molar-refractivity contribution in [3.63, 3.8) is 0 Å². The van der Waals surface area contributed by atoms with Crippen molar-refractivity contribution >= 4 is 0 Å². The first-order chi connectivity index (χ1) is 8.74. The van der Waals surface area contributed by atoms with Gasteiger partial charge in [-0.1, -0.05) is 12.5 Å². The molecule has 1 aliphatic rings. The predicted octanol–water partition coefficient (Wildman–Crippen LogP) is 3.42. The molecule has 0 unspecified atom stereocenters. The number of ether oxygens (including phenoxy) is 1. The minimum atomic E-state index is 0.467. The van der Waals surface area contributed by atoms with Gasteiger partial charge in [0.15, 0.2) is 0 Å². The van der Waals surface area contributed by atoms with Gasteiger partial charge in [-0.3, -0.25) is 4.90 Å². The first-order valence-electron chi connectivity index (χ1n) is 7.07. The van der Waals surface area contributed by atoms with Gasteiger partial charge >= 0.3 is 0 Å². The second-order valence-corrected chi connectivity index (χ2v) is 5.17. The summed E-state index contributed by atoms with van der Waals surface area (Å²) in [6, 6.07) is 5.23. The lowest BCUT2D eigenvalue weighted by Gasteiger charge is -2.39. The normalized spacial score (nSPS) is 21.2. The van der Waals surface area contributed by atoms with Crippen LogP contribution in [0.4, 0.5) is 0 Å². The van der Waals surface area contributed by atoms with Crippen LogP contribution in [-0.4, -0.2) is 29.1 Å². The molecular formula is C15H24N2O. The van der Waals surface area contributed by atoms with E-state index in [1.807, 2.05) is 19.2 Å². The largest absolute Gasteiger partial charge is 0.478 e. The summed E-state index contributed by atoms with van der Waals surface area (Å²) in [5.41, 5.74) is 1.26. The van der Waals surface area contributed by atoms with E-state index in [1.165, 1.54) is 31.4 Å². The van der Waals surface area contributed by atoms with Crippen LogP contribution in [0.5, 0.6) is 5.88 Å². The summed E-state index contributed by atoms with van der Waals surface area (Å²) < 4.78 is 5.68. The first-order valence-corrected chi connectivity index (χ1v) is 7.07. The van der Waals surface area contributed by atoms with E-state index in [0.29, 0.717) is 18.7 Å². The van der Waals surface area contributed by atoms with E-state index in [1.54, 1.807) is 0 Å². The minimum Gasteiger partial charge on any atom is -0.478 e. The highest BCUT2D eigenvalue weighted by Crippen LogP contribution is 2.36. The Morgan fingerprint density at radius 2 is 2.28 bits per heavy atom. The highest BCUT2D eigenvalue weighted by molar-refractivity contribution is 5.29. The number of rotatable bonds is 4. The van der Waals surface area contributed by atoms with Gasteiger partial charge in [-0.2, -0.15) is 0 Å². The van der Waals surface area contributed by atoms with E-state index in [0.717, 1.165) is 5.88 Å². The summed E-state index contributed by atoms with van der Waals surface area (Å²) in [6.07, 6.45) is 5.63. The molecule has 0 amide bonds. The van der Waals surface area contributed by atoms with Crippen LogP contribution in [0.15, 0.2) is 18.3 Å². The van der Waals surface area contributed by atoms with Gasteiger partial charge in [-0.25, -0.2) is 4.98 Å². The van der Waals surface area contributed by atoms with Crippen LogP contribution >= 0.6 is 0 Å². The Hall–Kier alpha value is -1.09. The molecule has 3 heteroatoms. The fraction of sp³-hybridized carbons (Fsp3) is 0.667. The van der Waals surface area contributed by atoms with Gasteiger partial charge in [-0.05, 0) is 46.2 Å². The van der Waals surface area contributed by atoms with Crippen LogP contribution in [0, 0.1) is 0 Å². The predicted molar refractivity (Wildman–Crippen MR) is 73.8 cm³/mol. The monoisotopic (exact) mass is 248 g/mol. The average Bonchev–Trinajstić information content (AvgIpc) is 2.40. The van der Waals surface area contributed by atoms with Crippen molar-refractivity contribution in [2.45, 2.75) is 52.1 Å². The molecule has 0 aromatic carbocycles. The molecule has 1 atom stereocenters. The van der Waals surface area contributed by atoms with E-state index in [9.17, 15) is 0 Å². The molecule has 1 aromatic rings. The lowest BCUT2D eigenvalue weighted by atomic mass is 9.94. The molecule has 0 radical (unpaired) electrons. The fourth-order valence-electron chi connectivity index (χ4n) is 2.82. The topological polar surface area (TPSA) is 25.4 Å². The van der Waals surface area contributed by atoms with Crippen LogP contribution < -0.4 is 4.74 Å². The van der Waals surface area contributed by atoms with Crippen molar-refractivity contribution in [3.8, 4) is 5.88 Å². The Balaban J connectivity index is 2.27. The van der Waals surface area contributed by atoms with E-state index in [4.69, 9.17) is 4.74 Å². The molecule has 2 rings (SSSR count). The summed E-state index contributed by atoms with van der Waals surface area (Å²) in [7, 11) is 0. The lowest BCUT2D eigenvalue weighted by Crippen LogP contribution is -2.38. The van der Waals surface area contributed by atoms with Crippen LogP contribution in [-0.2, 0) is 0 Å². The highest BCUT2D eigenvalue weighted by Gasteiger charge is 2.28. The summed E-state index contributed by atoms with van der Waals surface area (Å²) >= 11 is 0. The quantitative estimate of drug-likeness (QED) is 0.816. The number of hydrogen-bond donors (Lipinski definition) is 0. The van der Waals surface area contributed by atoms with Crippen molar-refractivity contribution in [3.05, 3.63) is 23.9 Å². The maximum Gasteiger partial charge on any atom is 0.218 e. The third-order valence-electron chi connectivity index (χ3n) is 3.65. The second-order valence-electron chi connectivity index (χ2n) is 5.17. The number of pyridine rings is 1. The molecule has 18 heavy (non-hydrogen) atoms. The number of piperidine rings is 1. The Kier molecular flexibility index (Phi) is 4.59. The molecular weight excluding hydrogens is 224 g/mol. The molecule has 100 valence electrons.